The van der Waals surface area contributed by atoms with E-state index in [9.17, 15) is 43.2 Å². The number of hydrogen-bond donors (Lipinski definition) is 3. The van der Waals surface area contributed by atoms with Crippen LogP contribution in [0.15, 0.2) is 0 Å². The van der Waals surface area contributed by atoms with Gasteiger partial charge in [0.05, 0.1) is 26.4 Å². The minimum atomic E-state index is -4.96. The van der Waals surface area contributed by atoms with Gasteiger partial charge in [0.2, 0.25) is 0 Å². The first-order valence-electron chi connectivity index (χ1n) is 39.4. The summed E-state index contributed by atoms with van der Waals surface area (Å²) < 4.78 is 68.5. The molecule has 17 nitrogen and oxygen atoms in total. The third-order valence-corrected chi connectivity index (χ3v) is 19.9. The number of aliphatic hydroxyl groups is 1. The molecule has 0 amide bonds. The molecule has 0 aromatic carbocycles. The summed E-state index contributed by atoms with van der Waals surface area (Å²) in [6, 6.07) is 0. The number of unbranched alkanes of at least 4 members (excludes halogenated alkanes) is 41. The maximum Gasteiger partial charge on any atom is 0.472 e. The van der Waals surface area contributed by atoms with Crippen LogP contribution >= 0.6 is 15.6 Å². The normalized spacial score (nSPS) is 14.4. The van der Waals surface area contributed by atoms with Gasteiger partial charge >= 0.3 is 39.5 Å². The van der Waals surface area contributed by atoms with Crippen molar-refractivity contribution in [3.63, 3.8) is 0 Å². The quantitative estimate of drug-likeness (QED) is 0.0222. The Morgan fingerprint density at radius 3 is 0.800 bits per heavy atom. The topological polar surface area (TPSA) is 237 Å². The molecule has 0 radical (unpaired) electrons. The first-order valence-corrected chi connectivity index (χ1v) is 42.4. The predicted molar refractivity (Wildman–Crippen MR) is 386 cm³/mol. The zero-order valence-corrected chi connectivity index (χ0v) is 63.9. The molecule has 0 rings (SSSR count). The Hall–Kier alpha value is -1.94. The zero-order chi connectivity index (χ0) is 70.1. The first-order chi connectivity index (χ1) is 45.8. The van der Waals surface area contributed by atoms with Crippen molar-refractivity contribution in [1.29, 1.82) is 0 Å². The Kier molecular flexibility index (Phi) is 65.2. The van der Waals surface area contributed by atoms with E-state index in [1.807, 2.05) is 0 Å². The van der Waals surface area contributed by atoms with E-state index in [2.05, 4.69) is 48.5 Å². The summed E-state index contributed by atoms with van der Waals surface area (Å²) >= 11 is 0. The molecule has 0 saturated carbocycles. The molecule has 0 fully saturated rings. The van der Waals surface area contributed by atoms with Gasteiger partial charge in [-0.2, -0.15) is 0 Å². The van der Waals surface area contributed by atoms with Crippen molar-refractivity contribution in [1.82, 2.24) is 0 Å². The number of ether oxygens (including phenoxy) is 4. The summed E-state index contributed by atoms with van der Waals surface area (Å²) in [5.41, 5.74) is 0. The van der Waals surface area contributed by atoms with E-state index < -0.39 is 97.5 Å². The molecule has 564 valence electrons. The van der Waals surface area contributed by atoms with Crippen LogP contribution in [-0.2, 0) is 65.4 Å². The largest absolute Gasteiger partial charge is 0.472 e. The Morgan fingerprint density at radius 2 is 0.537 bits per heavy atom. The Balaban J connectivity index is 5.25. The third-order valence-electron chi connectivity index (χ3n) is 18.0. The van der Waals surface area contributed by atoms with Crippen LogP contribution in [-0.4, -0.2) is 96.7 Å². The molecule has 95 heavy (non-hydrogen) atoms. The maximum atomic E-state index is 13.1. The highest BCUT2D eigenvalue weighted by molar-refractivity contribution is 7.47. The van der Waals surface area contributed by atoms with Gasteiger partial charge in [-0.05, 0) is 43.4 Å². The SMILES string of the molecule is CCCCCCCCCCCCCCC(=O)O[C@H](COC(=O)CCCCCCCCCCC(C)C)COP(=O)(O)OC[C@H](O)COP(=O)(O)OC[C@@H](COC(=O)CCCCCCCCCCCCCC(C)C)OC(=O)CCCCCCCCCCCCCCCCC(C)CC. The molecule has 0 aromatic rings. The molecule has 0 heterocycles. The van der Waals surface area contributed by atoms with E-state index in [1.165, 1.54) is 199 Å². The predicted octanol–water partition coefficient (Wildman–Crippen LogP) is 22.2. The number of hydrogen-bond acceptors (Lipinski definition) is 15. The van der Waals surface area contributed by atoms with Gasteiger partial charge in [-0.15, -0.1) is 0 Å². The van der Waals surface area contributed by atoms with E-state index in [4.69, 9.17) is 37.0 Å². The second kappa shape index (κ2) is 66.6. The average Bonchev–Trinajstić information content (AvgIpc) is 1.51. The van der Waals surface area contributed by atoms with E-state index in [1.54, 1.807) is 0 Å². The number of phosphoric ester groups is 2. The fourth-order valence-electron chi connectivity index (χ4n) is 11.6. The highest BCUT2D eigenvalue weighted by Crippen LogP contribution is 2.45. The molecule has 0 aliphatic heterocycles. The van der Waals surface area contributed by atoms with Crippen molar-refractivity contribution in [2.24, 2.45) is 17.8 Å². The monoisotopic (exact) mass is 1400 g/mol. The lowest BCUT2D eigenvalue weighted by Gasteiger charge is -2.21. The van der Waals surface area contributed by atoms with Crippen LogP contribution in [0.25, 0.3) is 0 Å². The van der Waals surface area contributed by atoms with Crippen LogP contribution in [0.5, 0.6) is 0 Å². The molecule has 19 heteroatoms. The summed E-state index contributed by atoms with van der Waals surface area (Å²) in [5.74, 6) is 0.227. The highest BCUT2D eigenvalue weighted by atomic mass is 31.2. The lowest BCUT2D eigenvalue weighted by molar-refractivity contribution is -0.161. The fourth-order valence-corrected chi connectivity index (χ4v) is 13.1. The Morgan fingerprint density at radius 1 is 0.305 bits per heavy atom. The van der Waals surface area contributed by atoms with E-state index in [0.717, 1.165) is 108 Å². The van der Waals surface area contributed by atoms with Gasteiger partial charge in [0.15, 0.2) is 12.2 Å². The number of esters is 4. The molecule has 0 aromatic heterocycles. The average molecular weight is 1400 g/mol. The number of rotatable bonds is 74. The first kappa shape index (κ1) is 93.1. The van der Waals surface area contributed by atoms with Gasteiger partial charge < -0.3 is 33.8 Å². The lowest BCUT2D eigenvalue weighted by atomic mass is 9.99. The third kappa shape index (κ3) is 69.0. The van der Waals surface area contributed by atoms with Gasteiger partial charge in [-0.25, -0.2) is 9.13 Å². The van der Waals surface area contributed by atoms with Crippen molar-refractivity contribution in [2.45, 2.75) is 407 Å². The van der Waals surface area contributed by atoms with Crippen LogP contribution in [0.4, 0.5) is 0 Å². The molecule has 0 aliphatic rings. The van der Waals surface area contributed by atoms with Crippen molar-refractivity contribution in [3.8, 4) is 0 Å². The van der Waals surface area contributed by atoms with Crippen LogP contribution in [0.1, 0.15) is 389 Å². The maximum absolute atomic E-state index is 13.1. The van der Waals surface area contributed by atoms with E-state index >= 15 is 0 Å². The van der Waals surface area contributed by atoms with Crippen LogP contribution < -0.4 is 0 Å². The number of aliphatic hydroxyl groups excluding tert-OH is 1. The lowest BCUT2D eigenvalue weighted by Crippen LogP contribution is -2.30. The van der Waals surface area contributed by atoms with Crippen molar-refractivity contribution < 1.29 is 80.2 Å². The smallest absolute Gasteiger partial charge is 0.462 e. The molecular weight excluding hydrogens is 1250 g/mol. The number of phosphoric acid groups is 2. The second-order valence-electron chi connectivity index (χ2n) is 28.6. The molecule has 3 N–H and O–H groups in total. The van der Waals surface area contributed by atoms with E-state index in [-0.39, 0.29) is 25.7 Å². The van der Waals surface area contributed by atoms with Gasteiger partial charge in [-0.1, -0.05) is 337 Å². The molecular formula is C76H148O17P2. The van der Waals surface area contributed by atoms with Crippen molar-refractivity contribution in [3.05, 3.63) is 0 Å². The van der Waals surface area contributed by atoms with Gasteiger partial charge in [-0.3, -0.25) is 37.3 Å². The van der Waals surface area contributed by atoms with Crippen molar-refractivity contribution in [2.75, 3.05) is 39.6 Å². The minimum Gasteiger partial charge on any atom is -0.462 e. The van der Waals surface area contributed by atoms with E-state index in [0.29, 0.717) is 25.7 Å². The van der Waals surface area contributed by atoms with Gasteiger partial charge in [0.1, 0.15) is 19.3 Å². The summed E-state index contributed by atoms with van der Waals surface area (Å²) in [5, 5.41) is 10.6. The molecule has 0 bridgehead atoms. The minimum absolute atomic E-state index is 0.107. The Labute approximate surface area is 581 Å². The van der Waals surface area contributed by atoms with Gasteiger partial charge in [0, 0.05) is 25.7 Å². The summed E-state index contributed by atoms with van der Waals surface area (Å²) in [6.07, 6.45) is 52.6. The number of carbonyl (C=O) groups excluding carboxylic acids is 4. The van der Waals surface area contributed by atoms with Crippen molar-refractivity contribution >= 4 is 39.5 Å². The van der Waals surface area contributed by atoms with Crippen LogP contribution in [0, 0.1) is 17.8 Å². The van der Waals surface area contributed by atoms with Crippen LogP contribution in [0.2, 0.25) is 0 Å². The highest BCUT2D eigenvalue weighted by Gasteiger charge is 2.30. The molecule has 0 spiro atoms. The Bertz CT molecular complexity index is 1850. The molecule has 6 atom stereocenters. The summed E-state index contributed by atoms with van der Waals surface area (Å²) in [7, 11) is -9.91. The molecule has 0 saturated heterocycles. The summed E-state index contributed by atoms with van der Waals surface area (Å²) in [6.45, 7) is 11.9. The number of carbonyl (C=O) groups is 4. The fraction of sp³-hybridized carbons (Fsp3) is 0.947. The standard InChI is InChI=1S/C76H148O17P2/c1-8-10-11-12-13-14-15-23-29-38-45-52-59-75(80)93-72(64-87-74(79)58-51-44-37-32-31-34-41-48-55-68(5)6)66-91-95(84,85)89-62-70(77)61-88-94(82,83)90-65-71(63-86-73(78)57-50-43-36-28-25-20-21-26-33-40-47-54-67(3)4)92-76(81)60-53-46-39-30-24-19-17-16-18-22-27-35-42-49-56-69(7)9-2/h67-72,77H,8-66H2,1-7H3,(H,82,83)(H,84,85)/t69?,70-,71-,72-/m1/s1. The molecule has 3 unspecified atom stereocenters. The molecule has 0 aliphatic carbocycles. The summed E-state index contributed by atoms with van der Waals surface area (Å²) in [4.78, 5) is 72.8. The zero-order valence-electron chi connectivity index (χ0n) is 62.1. The van der Waals surface area contributed by atoms with Gasteiger partial charge in [0.25, 0.3) is 0 Å². The second-order valence-corrected chi connectivity index (χ2v) is 31.5. The van der Waals surface area contributed by atoms with Crippen LogP contribution in [0.3, 0.4) is 0 Å².